The van der Waals surface area contributed by atoms with E-state index in [-0.39, 0.29) is 0 Å². The first kappa shape index (κ1) is 12.0. The van der Waals surface area contributed by atoms with Gasteiger partial charge in [-0.25, -0.2) is 4.98 Å². The number of ether oxygens (including phenoxy) is 1. The minimum absolute atomic E-state index is 0.726. The van der Waals surface area contributed by atoms with Crippen molar-refractivity contribution < 1.29 is 4.74 Å². The molecule has 0 aliphatic heterocycles. The zero-order chi connectivity index (χ0) is 13.2. The Labute approximate surface area is 115 Å². The molecule has 0 aliphatic carbocycles. The van der Waals surface area contributed by atoms with Gasteiger partial charge in [0.1, 0.15) is 5.75 Å². The van der Waals surface area contributed by atoms with Gasteiger partial charge in [-0.1, -0.05) is 12.1 Å². The highest BCUT2D eigenvalue weighted by Crippen LogP contribution is 2.24. The summed E-state index contributed by atoms with van der Waals surface area (Å²) >= 11 is 1.65. The summed E-state index contributed by atoms with van der Waals surface area (Å²) in [5.41, 5.74) is 3.24. The maximum atomic E-state index is 5.34. The number of aryl methyl sites for hydroxylation is 1. The highest BCUT2D eigenvalue weighted by Gasteiger charge is 2.10. The van der Waals surface area contributed by atoms with Gasteiger partial charge in [-0.3, -0.25) is 4.40 Å². The number of nitrogens with zero attached hydrogens (tertiary/aromatic N) is 2. The number of imidazole rings is 1. The van der Waals surface area contributed by atoms with E-state index in [2.05, 4.69) is 20.9 Å². The van der Waals surface area contributed by atoms with Crippen molar-refractivity contribution in [2.75, 3.05) is 12.4 Å². The third-order valence-electron chi connectivity index (χ3n) is 3.11. The smallest absolute Gasteiger partial charge is 0.194 e. The van der Waals surface area contributed by atoms with Gasteiger partial charge in [0.05, 0.1) is 30.7 Å². The van der Waals surface area contributed by atoms with Gasteiger partial charge in [-0.05, 0) is 19.1 Å². The molecule has 1 N–H and O–H groups in total. The molecule has 98 valence electrons. The summed E-state index contributed by atoms with van der Waals surface area (Å²) in [5.74, 6) is 0.853. The number of rotatable bonds is 4. The van der Waals surface area contributed by atoms with E-state index >= 15 is 0 Å². The Morgan fingerprint density at radius 1 is 1.37 bits per heavy atom. The number of fused-ring (bicyclic) bond motifs is 1. The summed E-state index contributed by atoms with van der Waals surface area (Å²) in [6, 6.07) is 7.92. The number of anilines is 1. The van der Waals surface area contributed by atoms with Crippen molar-refractivity contribution in [2.24, 2.45) is 0 Å². The molecule has 0 fully saturated rings. The standard InChI is InChI=1S/C14H15N3OS/c1-10-12(17-7-8-19-14(17)16-10)9-15-11-5-3-4-6-13(11)18-2/h3-8,15H,9H2,1-2H3. The lowest BCUT2D eigenvalue weighted by molar-refractivity contribution is 0.416. The molecule has 2 aromatic heterocycles. The molecule has 0 saturated carbocycles. The molecule has 5 heteroatoms. The predicted octanol–water partition coefficient (Wildman–Crippen LogP) is 3.32. The molecule has 0 saturated heterocycles. The van der Waals surface area contributed by atoms with Crippen molar-refractivity contribution >= 4 is 22.0 Å². The molecule has 0 spiro atoms. The molecule has 0 amide bonds. The largest absolute Gasteiger partial charge is 0.495 e. The second kappa shape index (κ2) is 4.93. The fourth-order valence-corrected chi connectivity index (χ4v) is 2.90. The molecule has 19 heavy (non-hydrogen) atoms. The third-order valence-corrected chi connectivity index (χ3v) is 3.87. The third kappa shape index (κ3) is 2.17. The normalized spacial score (nSPS) is 10.8. The van der Waals surface area contributed by atoms with Crippen molar-refractivity contribution in [3.05, 3.63) is 47.2 Å². The van der Waals surface area contributed by atoms with E-state index in [9.17, 15) is 0 Å². The Kier molecular flexibility index (Phi) is 3.13. The number of hydrogen-bond donors (Lipinski definition) is 1. The number of benzene rings is 1. The zero-order valence-electron chi connectivity index (χ0n) is 10.9. The van der Waals surface area contributed by atoms with Crippen molar-refractivity contribution in [3.63, 3.8) is 0 Å². The second-order valence-electron chi connectivity index (χ2n) is 4.25. The van der Waals surface area contributed by atoms with Crippen molar-refractivity contribution in [1.29, 1.82) is 0 Å². The van der Waals surface area contributed by atoms with Crippen LogP contribution in [0.2, 0.25) is 0 Å². The average molecular weight is 273 g/mol. The number of nitrogens with one attached hydrogen (secondary N) is 1. The lowest BCUT2D eigenvalue weighted by atomic mass is 10.2. The lowest BCUT2D eigenvalue weighted by Crippen LogP contribution is -2.04. The molecule has 0 aliphatic rings. The molecule has 0 unspecified atom stereocenters. The van der Waals surface area contributed by atoms with E-state index in [0.717, 1.165) is 28.6 Å². The summed E-state index contributed by atoms with van der Waals surface area (Å²) in [4.78, 5) is 5.57. The molecular weight excluding hydrogens is 258 g/mol. The Morgan fingerprint density at radius 2 is 2.21 bits per heavy atom. The van der Waals surface area contributed by atoms with Crippen LogP contribution in [0.1, 0.15) is 11.4 Å². The Balaban J connectivity index is 1.86. The zero-order valence-corrected chi connectivity index (χ0v) is 11.7. The van der Waals surface area contributed by atoms with Gasteiger partial charge in [-0.15, -0.1) is 11.3 Å². The first-order chi connectivity index (χ1) is 9.29. The molecule has 0 bridgehead atoms. The highest BCUT2D eigenvalue weighted by molar-refractivity contribution is 7.15. The fraction of sp³-hybridized carbons (Fsp3) is 0.214. The molecule has 0 atom stereocenters. The van der Waals surface area contributed by atoms with Crippen LogP contribution in [-0.4, -0.2) is 16.5 Å². The van der Waals surface area contributed by atoms with Crippen LogP contribution < -0.4 is 10.1 Å². The van der Waals surface area contributed by atoms with Crippen molar-refractivity contribution in [3.8, 4) is 5.75 Å². The van der Waals surface area contributed by atoms with Gasteiger partial charge in [-0.2, -0.15) is 0 Å². The molecule has 4 nitrogen and oxygen atoms in total. The van der Waals surface area contributed by atoms with Crippen molar-refractivity contribution in [2.45, 2.75) is 13.5 Å². The lowest BCUT2D eigenvalue weighted by Gasteiger charge is -2.10. The number of methoxy groups -OCH3 is 1. The van der Waals surface area contributed by atoms with Crippen LogP contribution in [0.25, 0.3) is 4.96 Å². The van der Waals surface area contributed by atoms with Crippen LogP contribution in [0.4, 0.5) is 5.69 Å². The van der Waals surface area contributed by atoms with Crippen LogP contribution in [0.15, 0.2) is 35.8 Å². The summed E-state index contributed by atoms with van der Waals surface area (Å²) in [7, 11) is 1.68. The van der Waals surface area contributed by atoms with Crippen LogP contribution in [0.3, 0.4) is 0 Å². The minimum Gasteiger partial charge on any atom is -0.495 e. The van der Waals surface area contributed by atoms with Crippen LogP contribution in [0, 0.1) is 6.92 Å². The van der Waals surface area contributed by atoms with E-state index in [1.165, 1.54) is 5.69 Å². The van der Waals surface area contributed by atoms with Crippen molar-refractivity contribution in [1.82, 2.24) is 9.38 Å². The molecular formula is C14H15N3OS. The quantitative estimate of drug-likeness (QED) is 0.792. The van der Waals surface area contributed by atoms with E-state index in [1.54, 1.807) is 18.4 Å². The SMILES string of the molecule is COc1ccccc1NCc1c(C)nc2sccn12. The van der Waals surface area contributed by atoms with Crippen LogP contribution in [-0.2, 0) is 6.54 Å². The summed E-state index contributed by atoms with van der Waals surface area (Å²) < 4.78 is 7.46. The first-order valence-corrected chi connectivity index (χ1v) is 6.95. The fourth-order valence-electron chi connectivity index (χ4n) is 2.12. The van der Waals surface area contributed by atoms with E-state index in [1.807, 2.05) is 36.6 Å². The molecule has 3 rings (SSSR count). The second-order valence-corrected chi connectivity index (χ2v) is 5.13. The van der Waals surface area contributed by atoms with Gasteiger partial charge in [0, 0.05) is 11.6 Å². The topological polar surface area (TPSA) is 38.6 Å². The summed E-state index contributed by atoms with van der Waals surface area (Å²) in [6.07, 6.45) is 2.05. The minimum atomic E-state index is 0.726. The van der Waals surface area contributed by atoms with Gasteiger partial charge in [0.2, 0.25) is 0 Å². The summed E-state index contributed by atoms with van der Waals surface area (Å²) in [5, 5.41) is 5.46. The predicted molar refractivity (Wildman–Crippen MR) is 78.1 cm³/mol. The first-order valence-electron chi connectivity index (χ1n) is 6.07. The van der Waals surface area contributed by atoms with Gasteiger partial charge in [0.15, 0.2) is 4.96 Å². The number of hydrogen-bond acceptors (Lipinski definition) is 4. The maximum Gasteiger partial charge on any atom is 0.194 e. The highest BCUT2D eigenvalue weighted by atomic mass is 32.1. The Bertz CT molecular complexity index is 702. The van der Waals surface area contributed by atoms with Crippen LogP contribution in [0.5, 0.6) is 5.75 Å². The molecule has 2 heterocycles. The number of aromatic nitrogens is 2. The number of para-hydroxylation sites is 2. The molecule has 0 radical (unpaired) electrons. The summed E-state index contributed by atoms with van der Waals surface area (Å²) in [6.45, 7) is 2.77. The monoisotopic (exact) mass is 273 g/mol. The van der Waals surface area contributed by atoms with Crippen LogP contribution >= 0.6 is 11.3 Å². The van der Waals surface area contributed by atoms with E-state index < -0.39 is 0 Å². The molecule has 3 aromatic rings. The van der Waals surface area contributed by atoms with Gasteiger partial charge in [0.25, 0.3) is 0 Å². The average Bonchev–Trinajstić information content (AvgIpc) is 2.98. The van der Waals surface area contributed by atoms with E-state index in [4.69, 9.17) is 4.74 Å². The maximum absolute atomic E-state index is 5.34. The van der Waals surface area contributed by atoms with Gasteiger partial charge >= 0.3 is 0 Å². The Morgan fingerprint density at radius 3 is 3.05 bits per heavy atom. The Hall–Kier alpha value is -2.01. The number of thiazole rings is 1. The molecule has 1 aromatic carbocycles. The van der Waals surface area contributed by atoms with Gasteiger partial charge < -0.3 is 10.1 Å². The van der Waals surface area contributed by atoms with E-state index in [0.29, 0.717) is 0 Å².